The number of likely N-dealkylation sites (N-methyl/N-ethyl adjacent to an activating group) is 1. The Morgan fingerprint density at radius 3 is 2.11 bits per heavy atom. The van der Waals surface area contributed by atoms with Crippen LogP contribution in [-0.2, 0) is 4.79 Å². The second kappa shape index (κ2) is 10.0. The first-order chi connectivity index (χ1) is 4.31. The van der Waals surface area contributed by atoms with Crippen molar-refractivity contribution in [3.8, 4) is 0 Å². The molecule has 52 valence electrons. The van der Waals surface area contributed by atoms with Gasteiger partial charge in [0.05, 0.1) is 0 Å². The van der Waals surface area contributed by atoms with Gasteiger partial charge in [0.25, 0.3) is 0 Å². The smallest absolute Gasteiger partial charge is 0.243 e. The van der Waals surface area contributed by atoms with Crippen LogP contribution in [0.25, 0.3) is 0 Å². The van der Waals surface area contributed by atoms with Gasteiger partial charge in [0, 0.05) is 7.05 Å². The Morgan fingerprint density at radius 1 is 1.56 bits per heavy atom. The number of carbonyl (C=O) groups excluding carboxylic acids is 1. The maximum absolute atomic E-state index is 10.2. The lowest BCUT2D eigenvalue weighted by Crippen LogP contribution is -2.13. The van der Waals surface area contributed by atoms with Crippen molar-refractivity contribution in [2.75, 3.05) is 7.05 Å². The topological polar surface area (TPSA) is 29.1 Å². The van der Waals surface area contributed by atoms with E-state index >= 15 is 0 Å². The van der Waals surface area contributed by atoms with Crippen molar-refractivity contribution in [2.24, 2.45) is 0 Å². The van der Waals surface area contributed by atoms with Gasteiger partial charge in [-0.05, 0) is 13.0 Å². The summed E-state index contributed by atoms with van der Waals surface area (Å²) in [5, 5.41) is 2.44. The van der Waals surface area contributed by atoms with Crippen LogP contribution in [-0.4, -0.2) is 13.0 Å². The highest BCUT2D eigenvalue weighted by Crippen LogP contribution is 1.66. The Kier molecular flexibility index (Phi) is 12.1. The molecule has 0 aromatic rings. The van der Waals surface area contributed by atoms with Gasteiger partial charge in [0.1, 0.15) is 0 Å². The van der Waals surface area contributed by atoms with Crippen molar-refractivity contribution in [3.05, 3.63) is 25.3 Å². The molecule has 0 aromatic carbocycles. The average Bonchev–Trinajstić information content (AvgIpc) is 1.93. The van der Waals surface area contributed by atoms with Crippen LogP contribution in [0.15, 0.2) is 25.3 Å². The zero-order chi connectivity index (χ0) is 7.70. The SMILES string of the molecule is C/C=C/C(=O)NC.C=C. The maximum Gasteiger partial charge on any atom is 0.243 e. The Bertz CT molecular complexity index is 97.1. The molecule has 0 aromatic heterocycles. The predicted molar refractivity (Wildman–Crippen MR) is 40.1 cm³/mol. The average molecular weight is 127 g/mol. The molecule has 0 unspecified atom stereocenters. The number of amides is 1. The van der Waals surface area contributed by atoms with E-state index < -0.39 is 0 Å². The van der Waals surface area contributed by atoms with Gasteiger partial charge >= 0.3 is 0 Å². The number of allylic oxidation sites excluding steroid dienone is 1. The number of carbonyl (C=O) groups is 1. The third-order valence-corrected chi connectivity index (χ3v) is 0.564. The zero-order valence-corrected chi connectivity index (χ0v) is 5.98. The molecule has 0 bridgehead atoms. The molecule has 0 radical (unpaired) electrons. The van der Waals surface area contributed by atoms with E-state index in [1.54, 1.807) is 20.0 Å². The Balaban J connectivity index is 0. The summed E-state index contributed by atoms with van der Waals surface area (Å²) in [5.41, 5.74) is 0. The Morgan fingerprint density at radius 2 is 2.00 bits per heavy atom. The van der Waals surface area contributed by atoms with Crippen molar-refractivity contribution in [2.45, 2.75) is 6.92 Å². The fraction of sp³-hybridized carbons (Fsp3) is 0.286. The lowest BCUT2D eigenvalue weighted by molar-refractivity contribution is -0.116. The lowest BCUT2D eigenvalue weighted by Gasteiger charge is -1.84. The molecule has 9 heavy (non-hydrogen) atoms. The number of nitrogens with one attached hydrogen (secondary N) is 1. The van der Waals surface area contributed by atoms with Crippen LogP contribution in [0.1, 0.15) is 6.92 Å². The molecular weight excluding hydrogens is 114 g/mol. The second-order valence-corrected chi connectivity index (χ2v) is 1.11. The van der Waals surface area contributed by atoms with Crippen LogP contribution < -0.4 is 5.32 Å². The van der Waals surface area contributed by atoms with Crippen molar-refractivity contribution >= 4 is 5.91 Å². The minimum atomic E-state index is -0.0532. The lowest BCUT2D eigenvalue weighted by atomic mass is 10.5. The van der Waals surface area contributed by atoms with Gasteiger partial charge in [-0.15, -0.1) is 13.2 Å². The first-order valence-corrected chi connectivity index (χ1v) is 2.65. The van der Waals surface area contributed by atoms with Gasteiger partial charge in [-0.2, -0.15) is 0 Å². The largest absolute Gasteiger partial charge is 0.356 e. The normalized spacial score (nSPS) is 7.78. The molecule has 0 spiro atoms. The third kappa shape index (κ3) is 10.9. The second-order valence-electron chi connectivity index (χ2n) is 1.11. The van der Waals surface area contributed by atoms with Crippen LogP contribution >= 0.6 is 0 Å². The standard InChI is InChI=1S/C5H9NO.C2H4/c1-3-4-5(7)6-2;1-2/h3-4H,1-2H3,(H,6,7);1-2H2/b4-3+;. The predicted octanol–water partition coefficient (Wildman–Crippen LogP) is 1.11. The molecule has 0 fully saturated rings. The first-order valence-electron chi connectivity index (χ1n) is 2.65. The van der Waals surface area contributed by atoms with Gasteiger partial charge in [0.15, 0.2) is 0 Å². The Labute approximate surface area is 56.3 Å². The van der Waals surface area contributed by atoms with Gasteiger partial charge in [-0.1, -0.05) is 6.08 Å². The fourth-order valence-electron chi connectivity index (χ4n) is 0.235. The minimum Gasteiger partial charge on any atom is -0.356 e. The van der Waals surface area contributed by atoms with Crippen molar-refractivity contribution in [3.63, 3.8) is 0 Å². The molecular formula is C7H13NO. The van der Waals surface area contributed by atoms with E-state index in [0.717, 1.165) is 0 Å². The summed E-state index contributed by atoms with van der Waals surface area (Å²) in [7, 11) is 1.60. The van der Waals surface area contributed by atoms with E-state index in [1.807, 2.05) is 0 Å². The highest BCUT2D eigenvalue weighted by Gasteiger charge is 1.81. The van der Waals surface area contributed by atoms with Crippen LogP contribution in [0.4, 0.5) is 0 Å². The third-order valence-electron chi connectivity index (χ3n) is 0.564. The highest BCUT2D eigenvalue weighted by molar-refractivity contribution is 5.86. The van der Waals surface area contributed by atoms with E-state index in [9.17, 15) is 4.79 Å². The van der Waals surface area contributed by atoms with Gasteiger partial charge < -0.3 is 5.32 Å². The summed E-state index contributed by atoms with van der Waals surface area (Å²) < 4.78 is 0. The Hall–Kier alpha value is -1.05. The van der Waals surface area contributed by atoms with E-state index in [2.05, 4.69) is 18.5 Å². The van der Waals surface area contributed by atoms with E-state index in [0.29, 0.717) is 0 Å². The molecule has 2 nitrogen and oxygen atoms in total. The molecule has 2 heteroatoms. The van der Waals surface area contributed by atoms with Gasteiger partial charge in [-0.3, -0.25) is 4.79 Å². The summed E-state index contributed by atoms with van der Waals surface area (Å²) >= 11 is 0. The quantitative estimate of drug-likeness (QED) is 0.415. The minimum absolute atomic E-state index is 0.0532. The van der Waals surface area contributed by atoms with E-state index in [4.69, 9.17) is 0 Å². The monoisotopic (exact) mass is 127 g/mol. The zero-order valence-electron chi connectivity index (χ0n) is 5.98. The van der Waals surface area contributed by atoms with Crippen LogP contribution in [0.2, 0.25) is 0 Å². The maximum atomic E-state index is 10.2. The fourth-order valence-corrected chi connectivity index (χ4v) is 0.235. The molecule has 0 heterocycles. The molecule has 0 saturated carbocycles. The molecule has 0 aliphatic heterocycles. The summed E-state index contributed by atoms with van der Waals surface area (Å²) in [6, 6.07) is 0. The van der Waals surface area contributed by atoms with Crippen molar-refractivity contribution in [1.29, 1.82) is 0 Å². The summed E-state index contributed by atoms with van der Waals surface area (Å²) in [6.45, 7) is 7.80. The molecule has 0 aliphatic rings. The van der Waals surface area contributed by atoms with Crippen LogP contribution in [0.3, 0.4) is 0 Å². The molecule has 1 amide bonds. The van der Waals surface area contributed by atoms with Crippen LogP contribution in [0.5, 0.6) is 0 Å². The summed E-state index contributed by atoms with van der Waals surface area (Å²) in [6.07, 6.45) is 3.17. The first kappa shape index (κ1) is 10.8. The van der Waals surface area contributed by atoms with Crippen molar-refractivity contribution in [1.82, 2.24) is 5.32 Å². The molecule has 0 saturated heterocycles. The van der Waals surface area contributed by atoms with Crippen LogP contribution in [0, 0.1) is 0 Å². The molecule has 1 N–H and O–H groups in total. The van der Waals surface area contributed by atoms with E-state index in [1.165, 1.54) is 6.08 Å². The molecule has 0 aliphatic carbocycles. The van der Waals surface area contributed by atoms with E-state index in [-0.39, 0.29) is 5.91 Å². The summed E-state index contributed by atoms with van der Waals surface area (Å²) in [4.78, 5) is 10.2. The van der Waals surface area contributed by atoms with Gasteiger partial charge in [0.2, 0.25) is 5.91 Å². The molecule has 0 atom stereocenters. The number of rotatable bonds is 1. The number of hydrogen-bond acceptors (Lipinski definition) is 1. The highest BCUT2D eigenvalue weighted by atomic mass is 16.1. The summed E-state index contributed by atoms with van der Waals surface area (Å²) in [5.74, 6) is -0.0532. The van der Waals surface area contributed by atoms with Crippen molar-refractivity contribution < 1.29 is 4.79 Å². The van der Waals surface area contributed by atoms with Gasteiger partial charge in [-0.25, -0.2) is 0 Å². The molecule has 0 rings (SSSR count). The number of hydrogen-bond donors (Lipinski definition) is 1.